The minimum atomic E-state index is -3.76. The van der Waals surface area contributed by atoms with Crippen LogP contribution in [0.25, 0.3) is 11.1 Å². The number of hydrogen-bond donors (Lipinski definition) is 1. The number of carbonyl (C=O) groups is 1. The van der Waals surface area contributed by atoms with Crippen molar-refractivity contribution in [3.8, 4) is 11.1 Å². The van der Waals surface area contributed by atoms with E-state index >= 15 is 0 Å². The summed E-state index contributed by atoms with van der Waals surface area (Å²) in [5.74, 6) is 0.825. The normalized spacial score (nSPS) is 15.2. The second kappa shape index (κ2) is 8.31. The van der Waals surface area contributed by atoms with Crippen molar-refractivity contribution >= 4 is 21.7 Å². The predicted molar refractivity (Wildman–Crippen MR) is 113 cm³/mol. The van der Waals surface area contributed by atoms with Gasteiger partial charge in [0.15, 0.2) is 5.82 Å². The lowest BCUT2D eigenvalue weighted by atomic mass is 9.98. The van der Waals surface area contributed by atoms with Crippen molar-refractivity contribution in [1.82, 2.24) is 10.1 Å². The van der Waals surface area contributed by atoms with E-state index in [1.165, 1.54) is 24.5 Å². The number of likely N-dealkylation sites (tertiary alicyclic amines) is 1. The van der Waals surface area contributed by atoms with Crippen molar-refractivity contribution in [2.75, 3.05) is 17.8 Å². The quantitative estimate of drug-likeness (QED) is 0.667. The molecule has 0 saturated carbocycles. The zero-order valence-corrected chi connectivity index (χ0v) is 17.4. The smallest absolute Gasteiger partial charge is 0.263 e. The van der Waals surface area contributed by atoms with Gasteiger partial charge in [-0.15, -0.1) is 0 Å². The highest BCUT2D eigenvalue weighted by Gasteiger charge is 2.22. The van der Waals surface area contributed by atoms with Gasteiger partial charge in [0, 0.05) is 24.7 Å². The monoisotopic (exact) mass is 425 g/mol. The highest BCUT2D eigenvalue weighted by molar-refractivity contribution is 7.92. The fraction of sp³-hybridized carbons (Fsp3) is 0.273. The Bertz CT molecular complexity index is 1120. The van der Waals surface area contributed by atoms with Crippen LogP contribution >= 0.6 is 0 Å². The van der Waals surface area contributed by atoms with E-state index in [4.69, 9.17) is 0 Å². The van der Waals surface area contributed by atoms with E-state index in [1.54, 1.807) is 12.1 Å². The van der Waals surface area contributed by atoms with Crippen LogP contribution in [0.4, 0.5) is 5.82 Å². The molecular formula is C22H23N3O4S. The van der Waals surface area contributed by atoms with E-state index in [9.17, 15) is 13.2 Å². The molecule has 156 valence electrons. The number of hydrogen-bond acceptors (Lipinski definition) is 5. The van der Waals surface area contributed by atoms with Crippen molar-refractivity contribution in [3.05, 3.63) is 66.4 Å². The summed E-state index contributed by atoms with van der Waals surface area (Å²) in [5.41, 5.74) is 2.34. The molecule has 0 unspecified atom stereocenters. The first kappa shape index (κ1) is 20.2. The molecule has 2 aromatic carbocycles. The number of sulfonamides is 1. The summed E-state index contributed by atoms with van der Waals surface area (Å²) in [6, 6.07) is 15.4. The maximum absolute atomic E-state index is 12.9. The molecule has 1 fully saturated rings. The van der Waals surface area contributed by atoms with Crippen molar-refractivity contribution in [3.63, 3.8) is 0 Å². The minimum Gasteiger partial charge on any atom is -0.363 e. The van der Waals surface area contributed by atoms with Crippen LogP contribution in [0.15, 0.2) is 70.3 Å². The molecule has 2 heterocycles. The van der Waals surface area contributed by atoms with Gasteiger partial charge in [-0.25, -0.2) is 8.42 Å². The molecule has 1 amide bonds. The van der Waals surface area contributed by atoms with Gasteiger partial charge in [-0.1, -0.05) is 36.3 Å². The fourth-order valence-electron chi connectivity index (χ4n) is 3.51. The fourth-order valence-corrected chi connectivity index (χ4v) is 4.51. The number of aromatic nitrogens is 1. The molecule has 1 aliphatic heterocycles. The molecule has 4 rings (SSSR count). The Hall–Kier alpha value is -3.13. The highest BCUT2D eigenvalue weighted by atomic mass is 32.2. The zero-order chi connectivity index (χ0) is 21.1. The number of carbonyl (C=O) groups excluding carboxylic acids is 1. The Morgan fingerprint density at radius 2 is 1.80 bits per heavy atom. The Morgan fingerprint density at radius 1 is 1.07 bits per heavy atom. The minimum absolute atomic E-state index is 0.0414. The SMILES string of the molecule is CC1CCN(C(=O)c2cccc(-c3ccc(S(=O)(=O)Nc4ccon4)cc3)c2)CC1. The van der Waals surface area contributed by atoms with E-state index in [0.717, 1.165) is 37.1 Å². The summed E-state index contributed by atoms with van der Waals surface area (Å²) in [5, 5.41) is 3.56. The first-order valence-corrected chi connectivity index (χ1v) is 11.3. The first-order chi connectivity index (χ1) is 14.4. The van der Waals surface area contributed by atoms with Gasteiger partial charge in [0.25, 0.3) is 15.9 Å². The molecule has 0 atom stereocenters. The molecule has 0 bridgehead atoms. The van der Waals surface area contributed by atoms with Crippen molar-refractivity contribution in [2.24, 2.45) is 5.92 Å². The third-order valence-electron chi connectivity index (χ3n) is 5.36. The maximum Gasteiger partial charge on any atom is 0.263 e. The van der Waals surface area contributed by atoms with Crippen LogP contribution in [0.3, 0.4) is 0 Å². The molecule has 1 aliphatic rings. The van der Waals surface area contributed by atoms with Crippen molar-refractivity contribution in [2.45, 2.75) is 24.7 Å². The Labute approximate surface area is 175 Å². The maximum atomic E-state index is 12.9. The second-order valence-corrected chi connectivity index (χ2v) is 9.25. The van der Waals surface area contributed by atoms with Gasteiger partial charge in [0.2, 0.25) is 0 Å². The summed E-state index contributed by atoms with van der Waals surface area (Å²) in [6.07, 6.45) is 3.35. The van der Waals surface area contributed by atoms with Crippen LogP contribution in [0.1, 0.15) is 30.1 Å². The molecule has 8 heteroatoms. The van der Waals surface area contributed by atoms with Crippen LogP contribution in [-0.4, -0.2) is 37.5 Å². The number of nitrogens with one attached hydrogen (secondary N) is 1. The Balaban J connectivity index is 1.52. The predicted octanol–water partition coefficient (Wildman–Crippen LogP) is 4.01. The van der Waals surface area contributed by atoms with Gasteiger partial charge in [-0.2, -0.15) is 0 Å². The molecule has 1 saturated heterocycles. The van der Waals surface area contributed by atoms with Gasteiger partial charge in [0.05, 0.1) is 4.90 Å². The van der Waals surface area contributed by atoms with E-state index in [2.05, 4.69) is 21.3 Å². The van der Waals surface area contributed by atoms with E-state index in [-0.39, 0.29) is 16.6 Å². The van der Waals surface area contributed by atoms with E-state index in [0.29, 0.717) is 11.5 Å². The zero-order valence-electron chi connectivity index (χ0n) is 16.6. The van der Waals surface area contributed by atoms with Crippen LogP contribution in [0.2, 0.25) is 0 Å². The van der Waals surface area contributed by atoms with Gasteiger partial charge in [0.1, 0.15) is 6.26 Å². The Morgan fingerprint density at radius 3 is 2.47 bits per heavy atom. The molecule has 1 N–H and O–H groups in total. The Kier molecular flexibility index (Phi) is 5.59. The molecule has 0 aliphatic carbocycles. The summed E-state index contributed by atoms with van der Waals surface area (Å²) < 4.78 is 31.9. The second-order valence-electron chi connectivity index (χ2n) is 7.57. The number of amides is 1. The molecular weight excluding hydrogens is 402 g/mol. The van der Waals surface area contributed by atoms with Crippen molar-refractivity contribution < 1.29 is 17.7 Å². The molecule has 30 heavy (non-hydrogen) atoms. The summed E-state index contributed by atoms with van der Waals surface area (Å²) in [7, 11) is -3.76. The number of nitrogens with zero attached hydrogens (tertiary/aromatic N) is 2. The lowest BCUT2D eigenvalue weighted by Gasteiger charge is -2.30. The lowest BCUT2D eigenvalue weighted by molar-refractivity contribution is 0.0697. The molecule has 0 spiro atoms. The standard InChI is InChI=1S/C22H23N3O4S/c1-16-9-12-25(13-10-16)22(26)19-4-2-3-18(15-19)17-5-7-20(8-6-17)30(27,28)24-21-11-14-29-23-21/h2-8,11,14-16H,9-10,12-13H2,1H3,(H,23,24). The number of anilines is 1. The average molecular weight is 426 g/mol. The highest BCUT2D eigenvalue weighted by Crippen LogP contribution is 2.25. The summed E-state index contributed by atoms with van der Waals surface area (Å²) in [6.45, 7) is 3.79. The average Bonchev–Trinajstić information content (AvgIpc) is 3.26. The number of piperidine rings is 1. The topological polar surface area (TPSA) is 92.5 Å². The van der Waals surface area contributed by atoms with Gasteiger partial charge in [-0.05, 0) is 54.2 Å². The molecule has 3 aromatic rings. The first-order valence-electron chi connectivity index (χ1n) is 9.85. The molecule has 0 radical (unpaired) electrons. The largest absolute Gasteiger partial charge is 0.363 e. The van der Waals surface area contributed by atoms with Crippen LogP contribution in [0.5, 0.6) is 0 Å². The molecule has 1 aromatic heterocycles. The third-order valence-corrected chi connectivity index (χ3v) is 6.73. The number of benzene rings is 2. The molecule has 7 nitrogen and oxygen atoms in total. The van der Waals surface area contributed by atoms with Gasteiger partial charge in [-0.3, -0.25) is 9.52 Å². The van der Waals surface area contributed by atoms with E-state index < -0.39 is 10.0 Å². The van der Waals surface area contributed by atoms with Gasteiger partial charge >= 0.3 is 0 Å². The number of rotatable bonds is 5. The summed E-state index contributed by atoms with van der Waals surface area (Å²) in [4.78, 5) is 14.9. The van der Waals surface area contributed by atoms with Crippen LogP contribution in [0, 0.1) is 5.92 Å². The van der Waals surface area contributed by atoms with Crippen LogP contribution < -0.4 is 4.72 Å². The van der Waals surface area contributed by atoms with Crippen molar-refractivity contribution in [1.29, 1.82) is 0 Å². The van der Waals surface area contributed by atoms with Crippen LogP contribution in [-0.2, 0) is 10.0 Å². The lowest BCUT2D eigenvalue weighted by Crippen LogP contribution is -2.37. The van der Waals surface area contributed by atoms with E-state index in [1.807, 2.05) is 29.2 Å². The summed E-state index contributed by atoms with van der Waals surface area (Å²) >= 11 is 0. The third kappa shape index (κ3) is 4.38. The van der Waals surface area contributed by atoms with Gasteiger partial charge < -0.3 is 9.42 Å².